The molecule has 0 N–H and O–H groups in total. The molecule has 0 saturated carbocycles. The lowest BCUT2D eigenvalue weighted by Gasteiger charge is -1.83. The van der Waals surface area contributed by atoms with Crippen LogP contribution in [0, 0.1) is 11.3 Å². The molecule has 3 heteroatoms. The Hall–Kier alpha value is -1.95. The second-order valence-electron chi connectivity index (χ2n) is 2.42. The number of nitrogens with zero attached hydrogens (tertiary/aromatic N) is 3. The Balaban J connectivity index is 2.96. The highest BCUT2D eigenvalue weighted by Crippen LogP contribution is 1.96. The molecule has 2 rings (SSSR count). The summed E-state index contributed by atoms with van der Waals surface area (Å²) in [5, 5.41) is 10.1. The molecule has 0 aromatic heterocycles. The molecule has 0 fully saturated rings. The first-order valence-corrected chi connectivity index (χ1v) is 3.47. The summed E-state index contributed by atoms with van der Waals surface area (Å²) >= 11 is 0. The van der Waals surface area contributed by atoms with Gasteiger partial charge in [-0.05, 0) is 12.1 Å². The maximum Gasteiger partial charge on any atom is 0.146 e. The van der Waals surface area contributed by atoms with Gasteiger partial charge in [0.1, 0.15) is 17.2 Å². The third kappa shape index (κ3) is 0.823. The average Bonchev–Trinajstić information content (AvgIpc) is 2.44. The lowest BCUT2D eigenvalue weighted by atomic mass is 10.2. The predicted octanol–water partition coefficient (Wildman–Crippen LogP) is 0.282. The van der Waals surface area contributed by atoms with Crippen LogP contribution in [0.5, 0.6) is 0 Å². The second kappa shape index (κ2) is 2.28. The van der Waals surface area contributed by atoms with Crippen molar-refractivity contribution in [2.24, 2.45) is 9.98 Å². The van der Waals surface area contributed by atoms with Crippen molar-refractivity contribution in [1.29, 1.82) is 5.26 Å². The molecule has 1 aliphatic rings. The van der Waals surface area contributed by atoms with E-state index < -0.39 is 0 Å². The van der Waals surface area contributed by atoms with Gasteiger partial charge in [-0.2, -0.15) is 5.26 Å². The minimum absolute atomic E-state index is 0.465. The fourth-order valence-corrected chi connectivity index (χ4v) is 1.12. The lowest BCUT2D eigenvalue weighted by Crippen LogP contribution is -2.24. The van der Waals surface area contributed by atoms with Crippen molar-refractivity contribution >= 4 is 0 Å². The Labute approximate surface area is 69.0 Å². The molecule has 0 saturated heterocycles. The quantitative estimate of drug-likeness (QED) is 0.531. The molecule has 0 unspecified atom stereocenters. The first kappa shape index (κ1) is 6.74. The predicted molar refractivity (Wildman–Crippen MR) is 42.6 cm³/mol. The molecule has 12 heavy (non-hydrogen) atoms. The van der Waals surface area contributed by atoms with Crippen molar-refractivity contribution in [1.82, 2.24) is 0 Å². The van der Waals surface area contributed by atoms with Gasteiger partial charge in [0.25, 0.3) is 0 Å². The SMILES string of the molecule is C=C1N=c2cccc(C#N)c2=N1. The monoisotopic (exact) mass is 155 g/mol. The molecule has 1 heterocycles. The van der Waals surface area contributed by atoms with Gasteiger partial charge in [0.05, 0.1) is 10.9 Å². The summed E-state index contributed by atoms with van der Waals surface area (Å²) < 4.78 is 0. The Morgan fingerprint density at radius 2 is 2.17 bits per heavy atom. The van der Waals surface area contributed by atoms with E-state index in [-0.39, 0.29) is 0 Å². The Morgan fingerprint density at radius 3 is 2.92 bits per heavy atom. The molecule has 1 aromatic carbocycles. The van der Waals surface area contributed by atoms with Crippen LogP contribution in [0.1, 0.15) is 5.56 Å². The zero-order chi connectivity index (χ0) is 8.55. The van der Waals surface area contributed by atoms with Crippen molar-refractivity contribution in [2.75, 3.05) is 0 Å². The number of benzene rings is 1. The summed E-state index contributed by atoms with van der Waals surface area (Å²) in [6.07, 6.45) is 0. The summed E-state index contributed by atoms with van der Waals surface area (Å²) in [5.74, 6) is 0.465. The molecule has 0 radical (unpaired) electrons. The first-order valence-electron chi connectivity index (χ1n) is 3.47. The van der Waals surface area contributed by atoms with Crippen LogP contribution in [-0.4, -0.2) is 0 Å². The zero-order valence-corrected chi connectivity index (χ0v) is 6.28. The van der Waals surface area contributed by atoms with E-state index in [0.29, 0.717) is 16.7 Å². The third-order valence-electron chi connectivity index (χ3n) is 1.63. The average molecular weight is 155 g/mol. The molecule has 0 bridgehead atoms. The Morgan fingerprint density at radius 1 is 1.33 bits per heavy atom. The van der Waals surface area contributed by atoms with Crippen molar-refractivity contribution in [2.45, 2.75) is 0 Å². The number of hydrogen-bond acceptors (Lipinski definition) is 3. The van der Waals surface area contributed by atoms with Gasteiger partial charge in [0, 0.05) is 0 Å². The summed E-state index contributed by atoms with van der Waals surface area (Å²) in [4.78, 5) is 8.09. The van der Waals surface area contributed by atoms with Crippen molar-refractivity contribution < 1.29 is 0 Å². The minimum Gasteiger partial charge on any atom is -0.228 e. The normalized spacial score (nSPS) is 12.8. The van der Waals surface area contributed by atoms with Gasteiger partial charge in [0.15, 0.2) is 0 Å². The highest BCUT2D eigenvalue weighted by Gasteiger charge is 2.03. The van der Waals surface area contributed by atoms with E-state index in [2.05, 4.69) is 22.6 Å². The maximum atomic E-state index is 8.71. The first-order chi connectivity index (χ1) is 5.81. The van der Waals surface area contributed by atoms with Crippen molar-refractivity contribution in [3.05, 3.63) is 46.9 Å². The van der Waals surface area contributed by atoms with Gasteiger partial charge >= 0.3 is 0 Å². The van der Waals surface area contributed by atoms with Crippen LogP contribution >= 0.6 is 0 Å². The molecule has 0 spiro atoms. The second-order valence-corrected chi connectivity index (χ2v) is 2.42. The van der Waals surface area contributed by atoms with Crippen LogP contribution in [0.4, 0.5) is 0 Å². The zero-order valence-electron chi connectivity index (χ0n) is 6.28. The van der Waals surface area contributed by atoms with Crippen LogP contribution in [0.25, 0.3) is 0 Å². The molecular formula is C9H5N3. The molecule has 0 atom stereocenters. The molecule has 3 nitrogen and oxygen atoms in total. The largest absolute Gasteiger partial charge is 0.228 e. The minimum atomic E-state index is 0.465. The molecular weight excluding hydrogens is 150 g/mol. The van der Waals surface area contributed by atoms with Gasteiger partial charge in [-0.25, -0.2) is 9.98 Å². The fourth-order valence-electron chi connectivity index (χ4n) is 1.12. The van der Waals surface area contributed by atoms with Gasteiger partial charge in [0.2, 0.25) is 0 Å². The Bertz CT molecular complexity index is 506. The molecule has 1 aliphatic heterocycles. The van der Waals surface area contributed by atoms with E-state index in [1.807, 2.05) is 6.07 Å². The van der Waals surface area contributed by atoms with Gasteiger partial charge < -0.3 is 0 Å². The smallest absolute Gasteiger partial charge is 0.146 e. The number of rotatable bonds is 0. The van der Waals surface area contributed by atoms with E-state index in [0.717, 1.165) is 5.36 Å². The summed E-state index contributed by atoms with van der Waals surface area (Å²) in [6.45, 7) is 3.60. The molecule has 0 aliphatic carbocycles. The van der Waals surface area contributed by atoms with Gasteiger partial charge in [-0.3, -0.25) is 0 Å². The van der Waals surface area contributed by atoms with Crippen LogP contribution in [0.15, 0.2) is 40.6 Å². The van der Waals surface area contributed by atoms with Crippen LogP contribution in [0.2, 0.25) is 0 Å². The van der Waals surface area contributed by atoms with E-state index in [1.54, 1.807) is 12.1 Å². The molecule has 56 valence electrons. The number of para-hydroxylation sites is 1. The van der Waals surface area contributed by atoms with Gasteiger partial charge in [-0.1, -0.05) is 12.6 Å². The van der Waals surface area contributed by atoms with E-state index in [4.69, 9.17) is 5.26 Å². The van der Waals surface area contributed by atoms with Crippen LogP contribution in [0.3, 0.4) is 0 Å². The van der Waals surface area contributed by atoms with E-state index >= 15 is 0 Å². The highest BCUT2D eigenvalue weighted by atomic mass is 15.0. The van der Waals surface area contributed by atoms with Crippen LogP contribution < -0.4 is 10.7 Å². The number of hydrogen-bond donors (Lipinski definition) is 0. The highest BCUT2D eigenvalue weighted by molar-refractivity contribution is 5.29. The third-order valence-corrected chi connectivity index (χ3v) is 1.63. The van der Waals surface area contributed by atoms with E-state index in [1.165, 1.54) is 0 Å². The lowest BCUT2D eigenvalue weighted by molar-refractivity contribution is 1.24. The number of nitriles is 1. The number of fused-ring (bicyclic) bond motifs is 1. The van der Waals surface area contributed by atoms with Crippen molar-refractivity contribution in [3.8, 4) is 6.07 Å². The van der Waals surface area contributed by atoms with Gasteiger partial charge in [-0.15, -0.1) is 0 Å². The van der Waals surface area contributed by atoms with Crippen LogP contribution in [-0.2, 0) is 0 Å². The topological polar surface area (TPSA) is 48.5 Å². The van der Waals surface area contributed by atoms with E-state index in [9.17, 15) is 0 Å². The summed E-state index contributed by atoms with van der Waals surface area (Å²) in [6, 6.07) is 7.38. The summed E-state index contributed by atoms with van der Waals surface area (Å²) in [7, 11) is 0. The molecule has 1 aromatic rings. The standard InChI is InChI=1S/C9H5N3/c1-6-11-8-4-2-3-7(5-10)9(8)12-6/h2-4H,1H2. The fraction of sp³-hybridized carbons (Fsp3) is 0. The molecule has 0 amide bonds. The van der Waals surface area contributed by atoms with Crippen molar-refractivity contribution in [3.63, 3.8) is 0 Å². The maximum absolute atomic E-state index is 8.71. The Kier molecular flexibility index (Phi) is 1.28. The summed E-state index contributed by atoms with van der Waals surface area (Å²) in [5.41, 5.74) is 0.551.